The zero-order valence-corrected chi connectivity index (χ0v) is 8.98. The van der Waals surface area contributed by atoms with Crippen LogP contribution in [0.4, 0.5) is 5.82 Å². The van der Waals surface area contributed by atoms with Gasteiger partial charge in [-0.1, -0.05) is 6.92 Å². The molecule has 2 rings (SSSR count). The van der Waals surface area contributed by atoms with Crippen molar-refractivity contribution in [3.8, 4) is 0 Å². The van der Waals surface area contributed by atoms with Gasteiger partial charge in [0.2, 0.25) is 0 Å². The van der Waals surface area contributed by atoms with Crippen LogP contribution in [0.25, 0.3) is 0 Å². The number of halogens is 1. The smallest absolute Gasteiger partial charge is 0.147 e. The maximum atomic E-state index is 6.17. The van der Waals surface area contributed by atoms with Crippen molar-refractivity contribution in [2.24, 2.45) is 5.92 Å². The third kappa shape index (κ3) is 2.15. The Morgan fingerprint density at radius 2 is 2.29 bits per heavy atom. The van der Waals surface area contributed by atoms with Gasteiger partial charge in [-0.05, 0) is 12.3 Å². The summed E-state index contributed by atoms with van der Waals surface area (Å²) in [5.74, 6) is 1.57. The highest BCUT2D eigenvalue weighted by molar-refractivity contribution is 6.21. The van der Waals surface area contributed by atoms with Gasteiger partial charge in [-0.3, -0.25) is 4.98 Å². The zero-order chi connectivity index (χ0) is 9.97. The van der Waals surface area contributed by atoms with Crippen molar-refractivity contribution in [2.45, 2.75) is 18.7 Å². The van der Waals surface area contributed by atoms with E-state index in [0.29, 0.717) is 5.92 Å². The normalized spacial score (nSPS) is 27.7. The molecule has 0 N–H and O–H groups in total. The number of piperidine rings is 1. The van der Waals surface area contributed by atoms with E-state index in [9.17, 15) is 0 Å². The lowest BCUT2D eigenvalue weighted by atomic mass is 10.00. The molecule has 2 atom stereocenters. The molecule has 4 heteroatoms. The van der Waals surface area contributed by atoms with Gasteiger partial charge in [-0.25, -0.2) is 4.98 Å². The molecule has 1 saturated heterocycles. The summed E-state index contributed by atoms with van der Waals surface area (Å²) in [4.78, 5) is 10.5. The summed E-state index contributed by atoms with van der Waals surface area (Å²) in [5, 5.41) is 0.237. The van der Waals surface area contributed by atoms with Crippen molar-refractivity contribution >= 4 is 17.4 Å². The van der Waals surface area contributed by atoms with Gasteiger partial charge in [0.1, 0.15) is 5.82 Å². The molecule has 0 amide bonds. The van der Waals surface area contributed by atoms with Crippen LogP contribution in [0.15, 0.2) is 18.6 Å². The Balaban J connectivity index is 2.11. The Kier molecular flexibility index (Phi) is 2.87. The van der Waals surface area contributed by atoms with Crippen molar-refractivity contribution in [3.05, 3.63) is 18.6 Å². The Morgan fingerprint density at radius 3 is 2.93 bits per heavy atom. The van der Waals surface area contributed by atoms with Gasteiger partial charge in [-0.15, -0.1) is 11.6 Å². The van der Waals surface area contributed by atoms with Crippen molar-refractivity contribution in [1.29, 1.82) is 0 Å². The molecule has 1 fully saturated rings. The Morgan fingerprint density at radius 1 is 1.43 bits per heavy atom. The number of anilines is 1. The average Bonchev–Trinajstić information content (AvgIpc) is 2.18. The fraction of sp³-hybridized carbons (Fsp3) is 0.600. The highest BCUT2D eigenvalue weighted by Gasteiger charge is 2.23. The van der Waals surface area contributed by atoms with Gasteiger partial charge in [0.15, 0.2) is 0 Å². The highest BCUT2D eigenvalue weighted by atomic mass is 35.5. The molecule has 2 unspecified atom stereocenters. The second-order valence-electron chi connectivity index (χ2n) is 3.91. The van der Waals surface area contributed by atoms with Crippen molar-refractivity contribution in [3.63, 3.8) is 0 Å². The van der Waals surface area contributed by atoms with Crippen molar-refractivity contribution in [1.82, 2.24) is 9.97 Å². The van der Waals surface area contributed by atoms with Gasteiger partial charge in [-0.2, -0.15) is 0 Å². The fourth-order valence-corrected chi connectivity index (χ4v) is 2.39. The molecule has 76 valence electrons. The average molecular weight is 212 g/mol. The van der Waals surface area contributed by atoms with Crippen LogP contribution in [-0.2, 0) is 0 Å². The Hall–Kier alpha value is -0.830. The number of alkyl halides is 1. The predicted molar refractivity (Wildman–Crippen MR) is 57.7 cm³/mol. The molecular formula is C10H14ClN3. The summed E-state index contributed by atoms with van der Waals surface area (Å²) in [6.45, 7) is 4.13. The molecule has 0 aromatic carbocycles. The van der Waals surface area contributed by atoms with E-state index in [4.69, 9.17) is 11.6 Å². The maximum absolute atomic E-state index is 6.17. The molecule has 0 bridgehead atoms. The first-order valence-corrected chi connectivity index (χ1v) is 5.34. The summed E-state index contributed by atoms with van der Waals surface area (Å²) in [6, 6.07) is 0. The molecule has 14 heavy (non-hydrogen) atoms. The minimum absolute atomic E-state index is 0.237. The van der Waals surface area contributed by atoms with E-state index in [1.807, 2.05) is 0 Å². The molecule has 0 aliphatic carbocycles. The topological polar surface area (TPSA) is 29.0 Å². The zero-order valence-electron chi connectivity index (χ0n) is 8.23. The summed E-state index contributed by atoms with van der Waals surface area (Å²) < 4.78 is 0. The van der Waals surface area contributed by atoms with Gasteiger partial charge in [0.25, 0.3) is 0 Å². The number of hydrogen-bond donors (Lipinski definition) is 0. The van der Waals surface area contributed by atoms with Crippen LogP contribution in [0, 0.1) is 5.92 Å². The van der Waals surface area contributed by atoms with Crippen LogP contribution in [0.5, 0.6) is 0 Å². The number of hydrogen-bond acceptors (Lipinski definition) is 3. The predicted octanol–water partition coefficient (Wildman–Crippen LogP) is 1.93. The third-order valence-electron chi connectivity index (χ3n) is 2.48. The molecule has 1 aliphatic heterocycles. The lowest BCUT2D eigenvalue weighted by Crippen LogP contribution is -2.40. The van der Waals surface area contributed by atoms with E-state index in [-0.39, 0.29) is 5.38 Å². The number of nitrogens with zero attached hydrogens (tertiary/aromatic N) is 3. The van der Waals surface area contributed by atoms with E-state index >= 15 is 0 Å². The van der Waals surface area contributed by atoms with Crippen LogP contribution < -0.4 is 4.90 Å². The number of rotatable bonds is 1. The Bertz CT molecular complexity index is 281. The molecule has 2 heterocycles. The molecule has 1 aliphatic rings. The van der Waals surface area contributed by atoms with Gasteiger partial charge >= 0.3 is 0 Å². The summed E-state index contributed by atoms with van der Waals surface area (Å²) in [6.07, 6.45) is 6.30. The second-order valence-corrected chi connectivity index (χ2v) is 4.52. The SMILES string of the molecule is CC1CC(Cl)CN(c2cnccn2)C1. The van der Waals surface area contributed by atoms with Crippen LogP contribution in [0.1, 0.15) is 13.3 Å². The second kappa shape index (κ2) is 4.13. The van der Waals surface area contributed by atoms with Crippen molar-refractivity contribution in [2.75, 3.05) is 18.0 Å². The molecule has 1 aromatic rings. The highest BCUT2D eigenvalue weighted by Crippen LogP contribution is 2.23. The summed E-state index contributed by atoms with van der Waals surface area (Å²) in [5.41, 5.74) is 0. The van der Waals surface area contributed by atoms with E-state index in [0.717, 1.165) is 25.3 Å². The molecule has 1 aromatic heterocycles. The first-order chi connectivity index (χ1) is 6.75. The minimum Gasteiger partial charge on any atom is -0.354 e. The first-order valence-electron chi connectivity index (χ1n) is 4.90. The van der Waals surface area contributed by atoms with E-state index in [2.05, 4.69) is 21.8 Å². The Labute approximate surface area is 89.1 Å². The van der Waals surface area contributed by atoms with E-state index in [1.54, 1.807) is 18.6 Å². The van der Waals surface area contributed by atoms with Gasteiger partial charge in [0.05, 0.1) is 11.6 Å². The number of aromatic nitrogens is 2. The minimum atomic E-state index is 0.237. The monoisotopic (exact) mass is 211 g/mol. The fourth-order valence-electron chi connectivity index (χ4n) is 1.92. The molecule has 0 saturated carbocycles. The van der Waals surface area contributed by atoms with Crippen LogP contribution >= 0.6 is 11.6 Å². The van der Waals surface area contributed by atoms with E-state index < -0.39 is 0 Å². The van der Waals surface area contributed by atoms with Gasteiger partial charge in [0, 0.05) is 25.5 Å². The molecular weight excluding hydrogens is 198 g/mol. The van der Waals surface area contributed by atoms with Crippen LogP contribution in [-0.4, -0.2) is 28.4 Å². The maximum Gasteiger partial charge on any atom is 0.147 e. The third-order valence-corrected chi connectivity index (χ3v) is 2.80. The quantitative estimate of drug-likeness (QED) is 0.665. The largest absolute Gasteiger partial charge is 0.354 e. The molecule has 0 radical (unpaired) electrons. The van der Waals surface area contributed by atoms with Gasteiger partial charge < -0.3 is 4.90 Å². The first kappa shape index (κ1) is 9.71. The molecule has 0 spiro atoms. The lowest BCUT2D eigenvalue weighted by molar-refractivity contribution is 0.449. The summed E-state index contributed by atoms with van der Waals surface area (Å²) in [7, 11) is 0. The van der Waals surface area contributed by atoms with Crippen molar-refractivity contribution < 1.29 is 0 Å². The molecule has 3 nitrogen and oxygen atoms in total. The van der Waals surface area contributed by atoms with Crippen LogP contribution in [0.3, 0.4) is 0 Å². The van der Waals surface area contributed by atoms with E-state index in [1.165, 1.54) is 0 Å². The van der Waals surface area contributed by atoms with Crippen LogP contribution in [0.2, 0.25) is 0 Å². The lowest BCUT2D eigenvalue weighted by Gasteiger charge is -2.34. The standard InChI is InChI=1S/C10H14ClN3/c1-8-4-9(11)7-14(6-8)10-5-12-2-3-13-10/h2-3,5,8-9H,4,6-7H2,1H3. The summed E-state index contributed by atoms with van der Waals surface area (Å²) >= 11 is 6.17.